The highest BCUT2D eigenvalue weighted by Gasteiger charge is 2.36. The Hall–Kier alpha value is -2.20. The van der Waals surface area contributed by atoms with Crippen LogP contribution in [-0.4, -0.2) is 40.6 Å². The molecule has 0 unspecified atom stereocenters. The molecule has 2 atom stereocenters. The minimum Gasteiger partial charge on any atom is -0.396 e. The zero-order chi connectivity index (χ0) is 16.4. The molecule has 1 fully saturated rings. The van der Waals surface area contributed by atoms with Crippen LogP contribution in [0.2, 0.25) is 0 Å². The number of carbonyl (C=O) groups excluding carboxylic acids is 1. The molecule has 4 nitrogen and oxygen atoms in total. The molecule has 2 heterocycles. The first-order chi connectivity index (χ1) is 11.1. The number of likely N-dealkylation sites (tertiary alicyclic amines) is 1. The monoisotopic (exact) mass is 310 g/mol. The molecule has 2 aromatic rings. The van der Waals surface area contributed by atoms with Gasteiger partial charge in [0.1, 0.15) is 0 Å². The Balaban J connectivity index is 1.83. The highest BCUT2D eigenvalue weighted by molar-refractivity contribution is 5.94. The molecule has 0 spiro atoms. The van der Waals surface area contributed by atoms with Crippen molar-refractivity contribution in [2.24, 2.45) is 5.92 Å². The number of amides is 1. The standard InChI is InChI=1S/C19H22N2O2/c1-13-7-14(2)9-16(8-13)19(23)21-10-17(12-22)18(11-21)15-3-5-20-6-4-15/h3-9,17-18,22H,10-12H2,1-2H3/t17-,18-/m0/s1. The molecular weight excluding hydrogens is 288 g/mol. The fourth-order valence-electron chi connectivity index (χ4n) is 3.49. The van der Waals surface area contributed by atoms with Crippen molar-refractivity contribution in [1.82, 2.24) is 9.88 Å². The summed E-state index contributed by atoms with van der Waals surface area (Å²) < 4.78 is 0. The highest BCUT2D eigenvalue weighted by atomic mass is 16.3. The van der Waals surface area contributed by atoms with E-state index >= 15 is 0 Å². The van der Waals surface area contributed by atoms with Crippen LogP contribution in [0.1, 0.15) is 33.0 Å². The molecule has 1 aromatic heterocycles. The number of benzene rings is 1. The van der Waals surface area contributed by atoms with Gasteiger partial charge in [-0.25, -0.2) is 0 Å². The van der Waals surface area contributed by atoms with Crippen LogP contribution < -0.4 is 0 Å². The van der Waals surface area contributed by atoms with E-state index in [0.717, 1.165) is 22.3 Å². The Morgan fingerprint density at radius 1 is 1.17 bits per heavy atom. The average Bonchev–Trinajstić information content (AvgIpc) is 2.98. The van der Waals surface area contributed by atoms with Gasteiger partial charge >= 0.3 is 0 Å². The number of hydrogen-bond donors (Lipinski definition) is 1. The summed E-state index contributed by atoms with van der Waals surface area (Å²) in [5, 5.41) is 9.70. The second kappa shape index (κ2) is 6.50. The molecule has 23 heavy (non-hydrogen) atoms. The predicted molar refractivity (Wildman–Crippen MR) is 89.4 cm³/mol. The number of aromatic nitrogens is 1. The van der Waals surface area contributed by atoms with E-state index < -0.39 is 0 Å². The van der Waals surface area contributed by atoms with Crippen molar-refractivity contribution in [3.05, 3.63) is 65.0 Å². The number of aliphatic hydroxyl groups excluding tert-OH is 1. The number of aryl methyl sites for hydroxylation is 2. The van der Waals surface area contributed by atoms with E-state index in [1.165, 1.54) is 0 Å². The lowest BCUT2D eigenvalue weighted by Gasteiger charge is -2.17. The molecule has 1 amide bonds. The molecule has 1 aliphatic heterocycles. The van der Waals surface area contributed by atoms with Crippen LogP contribution >= 0.6 is 0 Å². The van der Waals surface area contributed by atoms with Crippen molar-refractivity contribution >= 4 is 5.91 Å². The minimum atomic E-state index is 0.0480. The van der Waals surface area contributed by atoms with Gasteiger partial charge < -0.3 is 10.0 Å². The maximum atomic E-state index is 12.8. The summed E-state index contributed by atoms with van der Waals surface area (Å²) in [7, 11) is 0. The highest BCUT2D eigenvalue weighted by Crippen LogP contribution is 2.33. The van der Waals surface area contributed by atoms with E-state index in [1.54, 1.807) is 12.4 Å². The van der Waals surface area contributed by atoms with Gasteiger partial charge in [0.25, 0.3) is 5.91 Å². The Morgan fingerprint density at radius 2 is 1.83 bits per heavy atom. The molecule has 4 heteroatoms. The first-order valence-corrected chi connectivity index (χ1v) is 7.97. The molecule has 1 saturated heterocycles. The van der Waals surface area contributed by atoms with E-state index in [4.69, 9.17) is 0 Å². The Morgan fingerprint density at radius 3 is 2.43 bits per heavy atom. The van der Waals surface area contributed by atoms with Crippen LogP contribution in [0.3, 0.4) is 0 Å². The van der Waals surface area contributed by atoms with Crippen LogP contribution in [0.4, 0.5) is 0 Å². The van der Waals surface area contributed by atoms with Gasteiger partial charge in [-0.15, -0.1) is 0 Å². The summed E-state index contributed by atoms with van der Waals surface area (Å²) in [6.07, 6.45) is 3.52. The molecule has 0 saturated carbocycles. The van der Waals surface area contributed by atoms with Gasteiger partial charge in [-0.2, -0.15) is 0 Å². The Kier molecular flexibility index (Phi) is 4.44. The van der Waals surface area contributed by atoms with Crippen molar-refractivity contribution < 1.29 is 9.90 Å². The zero-order valence-corrected chi connectivity index (χ0v) is 13.6. The van der Waals surface area contributed by atoms with Crippen molar-refractivity contribution in [3.8, 4) is 0 Å². The number of carbonyl (C=O) groups is 1. The van der Waals surface area contributed by atoms with Gasteiger partial charge in [0.05, 0.1) is 0 Å². The lowest BCUT2D eigenvalue weighted by Crippen LogP contribution is -2.29. The Labute approximate surface area is 136 Å². The second-order valence-electron chi connectivity index (χ2n) is 6.42. The Bertz CT molecular complexity index is 680. The van der Waals surface area contributed by atoms with Gasteiger partial charge in [0, 0.05) is 49.5 Å². The third-order valence-corrected chi connectivity index (χ3v) is 4.57. The summed E-state index contributed by atoms with van der Waals surface area (Å²) in [4.78, 5) is 18.7. The first kappa shape index (κ1) is 15.7. The molecule has 0 bridgehead atoms. The maximum Gasteiger partial charge on any atom is 0.253 e. The topological polar surface area (TPSA) is 53.4 Å². The average molecular weight is 310 g/mol. The predicted octanol–water partition coefficient (Wildman–Crippen LogP) is 2.55. The van der Waals surface area contributed by atoms with Crippen LogP contribution in [-0.2, 0) is 0 Å². The summed E-state index contributed by atoms with van der Waals surface area (Å²) in [5.74, 6) is 0.289. The molecule has 1 N–H and O–H groups in total. The SMILES string of the molecule is Cc1cc(C)cc(C(=O)N2C[C@@H](CO)[C@H](c3ccncc3)C2)c1. The van der Waals surface area contributed by atoms with Gasteiger partial charge in [-0.3, -0.25) is 9.78 Å². The third kappa shape index (κ3) is 3.27. The largest absolute Gasteiger partial charge is 0.396 e. The van der Waals surface area contributed by atoms with E-state index in [-0.39, 0.29) is 24.3 Å². The van der Waals surface area contributed by atoms with E-state index in [2.05, 4.69) is 11.1 Å². The number of hydrogen-bond acceptors (Lipinski definition) is 3. The maximum absolute atomic E-state index is 12.8. The number of aliphatic hydroxyl groups is 1. The van der Waals surface area contributed by atoms with Gasteiger partial charge in [-0.1, -0.05) is 17.2 Å². The molecule has 0 radical (unpaired) electrons. The second-order valence-corrected chi connectivity index (χ2v) is 6.42. The smallest absolute Gasteiger partial charge is 0.253 e. The molecule has 0 aliphatic carbocycles. The third-order valence-electron chi connectivity index (χ3n) is 4.57. The molecular formula is C19H22N2O2. The molecule has 1 aromatic carbocycles. The van der Waals surface area contributed by atoms with E-state index in [9.17, 15) is 9.90 Å². The molecule has 1 aliphatic rings. The number of nitrogens with zero attached hydrogens (tertiary/aromatic N) is 2. The van der Waals surface area contributed by atoms with E-state index in [1.807, 2.05) is 43.0 Å². The number of pyridine rings is 1. The zero-order valence-electron chi connectivity index (χ0n) is 13.6. The fourth-order valence-corrected chi connectivity index (χ4v) is 3.49. The van der Waals surface area contributed by atoms with Crippen LogP contribution in [0.15, 0.2) is 42.7 Å². The minimum absolute atomic E-state index is 0.0480. The first-order valence-electron chi connectivity index (χ1n) is 7.97. The molecule has 120 valence electrons. The summed E-state index contributed by atoms with van der Waals surface area (Å²) in [6, 6.07) is 9.87. The van der Waals surface area contributed by atoms with Crippen molar-refractivity contribution in [3.63, 3.8) is 0 Å². The summed E-state index contributed by atoms with van der Waals surface area (Å²) in [5.41, 5.74) is 4.05. The van der Waals surface area contributed by atoms with Crippen LogP contribution in [0, 0.1) is 19.8 Å². The molecule has 3 rings (SSSR count). The normalized spacial score (nSPS) is 20.7. The van der Waals surface area contributed by atoms with Crippen molar-refractivity contribution in [2.45, 2.75) is 19.8 Å². The summed E-state index contributed by atoms with van der Waals surface area (Å²) >= 11 is 0. The summed E-state index contributed by atoms with van der Waals surface area (Å²) in [6.45, 7) is 5.33. The lowest BCUT2D eigenvalue weighted by molar-refractivity contribution is 0.0781. The quantitative estimate of drug-likeness (QED) is 0.948. The van der Waals surface area contributed by atoms with Gasteiger partial charge in [0.2, 0.25) is 0 Å². The van der Waals surface area contributed by atoms with Crippen LogP contribution in [0.5, 0.6) is 0 Å². The van der Waals surface area contributed by atoms with Crippen molar-refractivity contribution in [1.29, 1.82) is 0 Å². The lowest BCUT2D eigenvalue weighted by atomic mass is 9.90. The van der Waals surface area contributed by atoms with E-state index in [0.29, 0.717) is 13.1 Å². The fraction of sp³-hybridized carbons (Fsp3) is 0.368. The van der Waals surface area contributed by atoms with Gasteiger partial charge in [-0.05, 0) is 43.7 Å². The van der Waals surface area contributed by atoms with Crippen LogP contribution in [0.25, 0.3) is 0 Å². The number of rotatable bonds is 3. The van der Waals surface area contributed by atoms with Crippen molar-refractivity contribution in [2.75, 3.05) is 19.7 Å². The van der Waals surface area contributed by atoms with Gasteiger partial charge in [0.15, 0.2) is 0 Å².